The molecule has 0 fully saturated rings. The van der Waals surface area contributed by atoms with Crippen molar-refractivity contribution in [3.63, 3.8) is 0 Å². The zero-order valence-electron chi connectivity index (χ0n) is 11.0. The second kappa shape index (κ2) is 5.42. The minimum absolute atomic E-state index is 0.0265. The molecule has 0 bridgehead atoms. The first-order valence-corrected chi connectivity index (χ1v) is 7.24. The van der Waals surface area contributed by atoms with Gasteiger partial charge in [-0.15, -0.1) is 0 Å². The summed E-state index contributed by atoms with van der Waals surface area (Å²) in [5.41, 5.74) is 2.52. The number of imide groups is 1. The van der Waals surface area contributed by atoms with Crippen LogP contribution in [0.4, 0.5) is 0 Å². The van der Waals surface area contributed by atoms with E-state index < -0.39 is 0 Å². The Labute approximate surface area is 130 Å². The van der Waals surface area contributed by atoms with Gasteiger partial charge in [0.15, 0.2) is 0 Å². The Morgan fingerprint density at radius 3 is 2.19 bits per heavy atom. The van der Waals surface area contributed by atoms with Gasteiger partial charge in [-0.25, -0.2) is 0 Å². The largest absolute Gasteiger partial charge is 0.392 e. The molecule has 0 aliphatic carbocycles. The van der Waals surface area contributed by atoms with Gasteiger partial charge in [0.2, 0.25) is 0 Å². The van der Waals surface area contributed by atoms with Crippen LogP contribution < -0.4 is 0 Å². The standard InChI is InChI=1S/C16H12BrNO3/c17-12-5-6-13-14(7-12)16(21)18(15(13)20)8-10-1-3-11(9-19)4-2-10/h1-7,19H,8-9H2. The second-order valence-electron chi connectivity index (χ2n) is 4.86. The van der Waals surface area contributed by atoms with Crippen molar-refractivity contribution in [3.8, 4) is 0 Å². The summed E-state index contributed by atoms with van der Waals surface area (Å²) in [5.74, 6) is -0.545. The van der Waals surface area contributed by atoms with Crippen LogP contribution in [0.1, 0.15) is 31.8 Å². The molecule has 0 saturated heterocycles. The first-order chi connectivity index (χ1) is 10.1. The molecule has 2 amide bonds. The van der Waals surface area contributed by atoms with E-state index in [1.165, 1.54) is 4.90 Å². The molecular formula is C16H12BrNO3. The number of amides is 2. The highest BCUT2D eigenvalue weighted by Crippen LogP contribution is 2.27. The highest BCUT2D eigenvalue weighted by atomic mass is 79.9. The summed E-state index contributed by atoms with van der Waals surface area (Å²) in [4.78, 5) is 25.9. The number of nitrogens with zero attached hydrogens (tertiary/aromatic N) is 1. The molecule has 0 spiro atoms. The molecule has 0 unspecified atom stereocenters. The summed E-state index contributed by atoms with van der Waals surface area (Å²) in [5, 5.41) is 9.02. The number of hydrogen-bond acceptors (Lipinski definition) is 3. The molecule has 1 aliphatic heterocycles. The van der Waals surface area contributed by atoms with Gasteiger partial charge in [0.1, 0.15) is 0 Å². The monoisotopic (exact) mass is 345 g/mol. The van der Waals surface area contributed by atoms with Crippen LogP contribution >= 0.6 is 15.9 Å². The van der Waals surface area contributed by atoms with Gasteiger partial charge in [-0.3, -0.25) is 14.5 Å². The third-order valence-corrected chi connectivity index (χ3v) is 3.97. The molecule has 3 rings (SSSR count). The molecule has 2 aromatic carbocycles. The van der Waals surface area contributed by atoms with E-state index in [-0.39, 0.29) is 25.0 Å². The van der Waals surface area contributed by atoms with Crippen molar-refractivity contribution in [2.75, 3.05) is 0 Å². The highest BCUT2D eigenvalue weighted by molar-refractivity contribution is 9.10. The van der Waals surface area contributed by atoms with E-state index >= 15 is 0 Å². The van der Waals surface area contributed by atoms with E-state index in [2.05, 4.69) is 15.9 Å². The van der Waals surface area contributed by atoms with Crippen LogP contribution in [0.3, 0.4) is 0 Å². The van der Waals surface area contributed by atoms with Crippen LogP contribution in [0.5, 0.6) is 0 Å². The molecule has 0 radical (unpaired) electrons. The number of carbonyl (C=O) groups excluding carboxylic acids is 2. The second-order valence-corrected chi connectivity index (χ2v) is 5.78. The Hall–Kier alpha value is -1.98. The minimum Gasteiger partial charge on any atom is -0.392 e. The summed E-state index contributed by atoms with van der Waals surface area (Å²) < 4.78 is 0.775. The number of benzene rings is 2. The molecule has 1 heterocycles. The third kappa shape index (κ3) is 2.50. The predicted molar refractivity (Wildman–Crippen MR) is 80.7 cm³/mol. The van der Waals surface area contributed by atoms with Gasteiger partial charge >= 0.3 is 0 Å². The molecule has 21 heavy (non-hydrogen) atoms. The maximum Gasteiger partial charge on any atom is 0.261 e. The molecule has 0 saturated carbocycles. The van der Waals surface area contributed by atoms with E-state index in [4.69, 9.17) is 5.11 Å². The van der Waals surface area contributed by atoms with Crippen molar-refractivity contribution >= 4 is 27.7 Å². The van der Waals surface area contributed by atoms with Crippen molar-refractivity contribution in [2.24, 2.45) is 0 Å². The van der Waals surface area contributed by atoms with Crippen LogP contribution in [-0.2, 0) is 13.2 Å². The van der Waals surface area contributed by atoms with Crippen LogP contribution in [0.25, 0.3) is 0 Å². The molecule has 2 aromatic rings. The average Bonchev–Trinajstić information content (AvgIpc) is 2.73. The quantitative estimate of drug-likeness (QED) is 0.870. The minimum atomic E-state index is -0.275. The zero-order chi connectivity index (χ0) is 15.0. The Morgan fingerprint density at radius 1 is 0.905 bits per heavy atom. The number of aliphatic hydroxyl groups excluding tert-OH is 1. The van der Waals surface area contributed by atoms with Gasteiger partial charge in [-0.1, -0.05) is 40.2 Å². The molecule has 1 N–H and O–H groups in total. The van der Waals surface area contributed by atoms with Gasteiger partial charge in [-0.2, -0.15) is 0 Å². The van der Waals surface area contributed by atoms with Gasteiger partial charge in [0.25, 0.3) is 11.8 Å². The molecule has 0 atom stereocenters. The van der Waals surface area contributed by atoms with Gasteiger partial charge in [0, 0.05) is 4.47 Å². The molecule has 0 aromatic heterocycles. The van der Waals surface area contributed by atoms with Crippen LogP contribution in [-0.4, -0.2) is 21.8 Å². The number of carbonyl (C=O) groups is 2. The summed E-state index contributed by atoms with van der Waals surface area (Å²) in [6.07, 6.45) is 0. The topological polar surface area (TPSA) is 57.6 Å². The number of rotatable bonds is 3. The molecular weight excluding hydrogens is 334 g/mol. The van der Waals surface area contributed by atoms with Crippen LogP contribution in [0, 0.1) is 0 Å². The summed E-state index contributed by atoms with van der Waals surface area (Å²) in [6, 6.07) is 12.3. The van der Waals surface area contributed by atoms with Gasteiger partial charge < -0.3 is 5.11 Å². The van der Waals surface area contributed by atoms with Crippen molar-refractivity contribution in [2.45, 2.75) is 13.2 Å². The van der Waals surface area contributed by atoms with Gasteiger partial charge in [-0.05, 0) is 29.3 Å². The Morgan fingerprint density at radius 2 is 1.52 bits per heavy atom. The van der Waals surface area contributed by atoms with Crippen LogP contribution in [0.15, 0.2) is 46.9 Å². The Balaban J connectivity index is 1.87. The van der Waals surface area contributed by atoms with E-state index in [1.54, 1.807) is 30.3 Å². The normalized spacial score (nSPS) is 13.7. The smallest absolute Gasteiger partial charge is 0.261 e. The average molecular weight is 346 g/mol. The van der Waals surface area contributed by atoms with Crippen LogP contribution in [0.2, 0.25) is 0 Å². The molecule has 5 heteroatoms. The van der Waals surface area contributed by atoms with E-state index in [9.17, 15) is 9.59 Å². The maximum atomic E-state index is 12.3. The van der Waals surface area contributed by atoms with Crippen molar-refractivity contribution < 1.29 is 14.7 Å². The van der Waals surface area contributed by atoms with Crippen molar-refractivity contribution in [1.29, 1.82) is 0 Å². The fourth-order valence-corrected chi connectivity index (χ4v) is 2.70. The fourth-order valence-electron chi connectivity index (χ4n) is 2.34. The number of hydrogen-bond donors (Lipinski definition) is 1. The number of aliphatic hydroxyl groups is 1. The third-order valence-electron chi connectivity index (χ3n) is 3.48. The lowest BCUT2D eigenvalue weighted by atomic mass is 10.1. The maximum absolute atomic E-state index is 12.3. The molecule has 106 valence electrons. The molecule has 1 aliphatic rings. The Kier molecular flexibility index (Phi) is 3.61. The predicted octanol–water partition coefficient (Wildman–Crippen LogP) is 2.74. The molecule has 4 nitrogen and oxygen atoms in total. The zero-order valence-corrected chi connectivity index (χ0v) is 12.6. The number of fused-ring (bicyclic) bond motifs is 1. The van der Waals surface area contributed by atoms with E-state index in [0.717, 1.165) is 15.6 Å². The summed E-state index contributed by atoms with van der Waals surface area (Å²) in [7, 11) is 0. The lowest BCUT2D eigenvalue weighted by molar-refractivity contribution is 0.0642. The van der Waals surface area contributed by atoms with Crippen molar-refractivity contribution in [3.05, 3.63) is 69.2 Å². The highest BCUT2D eigenvalue weighted by Gasteiger charge is 2.35. The summed E-state index contributed by atoms with van der Waals surface area (Å²) >= 11 is 3.31. The summed E-state index contributed by atoms with van der Waals surface area (Å²) in [6.45, 7) is 0.205. The fraction of sp³-hybridized carbons (Fsp3) is 0.125. The first kappa shape index (κ1) is 14.0. The number of halogens is 1. The Bertz CT molecular complexity index is 725. The van der Waals surface area contributed by atoms with E-state index in [0.29, 0.717) is 11.1 Å². The lowest BCUT2D eigenvalue weighted by Crippen LogP contribution is -2.29. The SMILES string of the molecule is O=C1c2ccc(Br)cc2C(=O)N1Cc1ccc(CO)cc1. The lowest BCUT2D eigenvalue weighted by Gasteiger charge is -2.14. The van der Waals surface area contributed by atoms with Gasteiger partial charge in [0.05, 0.1) is 24.3 Å². The van der Waals surface area contributed by atoms with E-state index in [1.807, 2.05) is 12.1 Å². The first-order valence-electron chi connectivity index (χ1n) is 6.44. The van der Waals surface area contributed by atoms with Crippen molar-refractivity contribution in [1.82, 2.24) is 4.90 Å².